The molecule has 0 unspecified atom stereocenters. The number of Topliss-reactive ketones (excluding diaryl/α,β-unsaturated/α-hetero) is 1. The van der Waals surface area contributed by atoms with Gasteiger partial charge in [-0.15, -0.1) is 0 Å². The van der Waals surface area contributed by atoms with E-state index in [9.17, 15) is 9.59 Å². The molecule has 0 rings (SSSR count). The summed E-state index contributed by atoms with van der Waals surface area (Å²) in [6.07, 6.45) is 7.97. The molecule has 0 atom stereocenters. The highest BCUT2D eigenvalue weighted by atomic mass is 16.1. The van der Waals surface area contributed by atoms with Crippen LogP contribution in [0.25, 0.3) is 0 Å². The summed E-state index contributed by atoms with van der Waals surface area (Å²) in [7, 11) is 1.67. The number of rotatable bonds is 9. The third kappa shape index (κ3) is 11.1. The number of carbonyl (C=O) groups excluding carboxylic acids is 2. The Balaban J connectivity index is 3.05. The van der Waals surface area contributed by atoms with Gasteiger partial charge in [-0.1, -0.05) is 25.7 Å². The van der Waals surface area contributed by atoms with Crippen molar-refractivity contribution in [1.82, 2.24) is 5.32 Å². The van der Waals surface area contributed by atoms with E-state index in [-0.39, 0.29) is 11.7 Å². The van der Waals surface area contributed by atoms with Gasteiger partial charge in [-0.05, 0) is 19.8 Å². The summed E-state index contributed by atoms with van der Waals surface area (Å²) in [5.41, 5.74) is 0. The van der Waals surface area contributed by atoms with Gasteiger partial charge in [0.15, 0.2) is 0 Å². The van der Waals surface area contributed by atoms with E-state index in [1.807, 2.05) is 0 Å². The summed E-state index contributed by atoms with van der Waals surface area (Å²) in [6, 6.07) is 0. The van der Waals surface area contributed by atoms with E-state index in [2.05, 4.69) is 5.32 Å². The minimum Gasteiger partial charge on any atom is -0.359 e. The second kappa shape index (κ2) is 9.69. The quantitative estimate of drug-likeness (QED) is 0.598. The lowest BCUT2D eigenvalue weighted by molar-refractivity contribution is -0.120. The predicted octanol–water partition coefficient (Wildman–Crippen LogP) is 2.44. The zero-order valence-electron chi connectivity index (χ0n) is 9.97. The van der Waals surface area contributed by atoms with Crippen molar-refractivity contribution in [2.45, 2.75) is 58.3 Å². The molecule has 0 aliphatic rings. The minimum atomic E-state index is 0.131. The zero-order chi connectivity index (χ0) is 11.5. The fourth-order valence-electron chi connectivity index (χ4n) is 1.49. The molecule has 3 heteroatoms. The van der Waals surface area contributed by atoms with Crippen LogP contribution in [0.5, 0.6) is 0 Å². The van der Waals surface area contributed by atoms with Crippen LogP contribution in [0.15, 0.2) is 0 Å². The number of hydrogen-bond acceptors (Lipinski definition) is 2. The van der Waals surface area contributed by atoms with Gasteiger partial charge in [0.1, 0.15) is 5.78 Å². The van der Waals surface area contributed by atoms with Crippen molar-refractivity contribution in [1.29, 1.82) is 0 Å². The van der Waals surface area contributed by atoms with Gasteiger partial charge in [-0.2, -0.15) is 0 Å². The molecule has 0 radical (unpaired) electrons. The van der Waals surface area contributed by atoms with E-state index < -0.39 is 0 Å². The van der Waals surface area contributed by atoms with Gasteiger partial charge in [-0.25, -0.2) is 0 Å². The van der Waals surface area contributed by atoms with Gasteiger partial charge in [0.25, 0.3) is 0 Å². The highest BCUT2D eigenvalue weighted by Gasteiger charge is 1.97. The molecule has 0 fully saturated rings. The first-order chi connectivity index (χ1) is 7.16. The molecule has 0 heterocycles. The van der Waals surface area contributed by atoms with Crippen LogP contribution in [0.3, 0.4) is 0 Å². The second-order valence-electron chi connectivity index (χ2n) is 4.00. The van der Waals surface area contributed by atoms with Crippen LogP contribution >= 0.6 is 0 Å². The van der Waals surface area contributed by atoms with Crippen molar-refractivity contribution in [3.63, 3.8) is 0 Å². The molecule has 15 heavy (non-hydrogen) atoms. The molecule has 0 aliphatic heterocycles. The number of nitrogens with one attached hydrogen (secondary N) is 1. The van der Waals surface area contributed by atoms with Gasteiger partial charge in [-0.3, -0.25) is 4.79 Å². The summed E-state index contributed by atoms with van der Waals surface area (Å²) < 4.78 is 0. The maximum absolute atomic E-state index is 10.9. The topological polar surface area (TPSA) is 46.2 Å². The largest absolute Gasteiger partial charge is 0.359 e. The lowest BCUT2D eigenvalue weighted by Crippen LogP contribution is -2.16. The van der Waals surface area contributed by atoms with E-state index in [1.165, 1.54) is 12.8 Å². The van der Waals surface area contributed by atoms with Crippen LogP contribution in [-0.2, 0) is 9.59 Å². The van der Waals surface area contributed by atoms with Crippen LogP contribution in [0.2, 0.25) is 0 Å². The summed E-state index contributed by atoms with van der Waals surface area (Å²) in [6.45, 7) is 1.64. The number of unbranched alkanes of at least 4 members (excludes halogenated alkanes) is 5. The molecule has 0 aromatic heterocycles. The molecule has 0 saturated heterocycles. The Morgan fingerprint density at radius 3 is 1.80 bits per heavy atom. The van der Waals surface area contributed by atoms with E-state index in [4.69, 9.17) is 0 Å². The molecule has 0 aromatic rings. The Morgan fingerprint density at radius 1 is 0.867 bits per heavy atom. The van der Waals surface area contributed by atoms with Crippen molar-refractivity contribution >= 4 is 11.7 Å². The smallest absolute Gasteiger partial charge is 0.219 e. The SMILES string of the molecule is CNC(=O)CCCCCCCCC(C)=O. The average Bonchev–Trinajstić information content (AvgIpc) is 2.21. The molecule has 88 valence electrons. The molecule has 1 N–H and O–H groups in total. The Labute approximate surface area is 92.6 Å². The predicted molar refractivity (Wildman–Crippen MR) is 61.7 cm³/mol. The summed E-state index contributed by atoms with van der Waals surface area (Å²) in [5.74, 6) is 0.418. The van der Waals surface area contributed by atoms with Crippen molar-refractivity contribution in [2.75, 3.05) is 7.05 Å². The molecule has 0 bridgehead atoms. The normalized spacial score (nSPS) is 10.0. The van der Waals surface area contributed by atoms with E-state index >= 15 is 0 Å². The summed E-state index contributed by atoms with van der Waals surface area (Å²) in [4.78, 5) is 21.5. The van der Waals surface area contributed by atoms with Crippen molar-refractivity contribution in [3.8, 4) is 0 Å². The van der Waals surface area contributed by atoms with Gasteiger partial charge < -0.3 is 10.1 Å². The lowest BCUT2D eigenvalue weighted by atomic mass is 10.1. The number of carbonyl (C=O) groups is 2. The van der Waals surface area contributed by atoms with E-state index in [1.54, 1.807) is 14.0 Å². The Hall–Kier alpha value is -0.860. The van der Waals surface area contributed by atoms with Gasteiger partial charge in [0, 0.05) is 19.9 Å². The minimum absolute atomic E-state index is 0.131. The molecular formula is C12H23NO2. The Bertz CT molecular complexity index is 190. The third-order valence-electron chi connectivity index (χ3n) is 2.46. The highest BCUT2D eigenvalue weighted by molar-refractivity contribution is 5.75. The van der Waals surface area contributed by atoms with Crippen LogP contribution in [0.4, 0.5) is 0 Å². The number of amides is 1. The zero-order valence-corrected chi connectivity index (χ0v) is 9.97. The van der Waals surface area contributed by atoms with Crippen LogP contribution in [0, 0.1) is 0 Å². The third-order valence-corrected chi connectivity index (χ3v) is 2.46. The Kier molecular flexibility index (Phi) is 9.13. The molecule has 0 saturated carbocycles. The number of hydrogen-bond donors (Lipinski definition) is 1. The lowest BCUT2D eigenvalue weighted by Gasteiger charge is -2.01. The van der Waals surface area contributed by atoms with Gasteiger partial charge in [0.2, 0.25) is 5.91 Å². The fraction of sp³-hybridized carbons (Fsp3) is 0.833. The summed E-state index contributed by atoms with van der Waals surface area (Å²) >= 11 is 0. The number of ketones is 1. The first-order valence-electron chi connectivity index (χ1n) is 5.87. The molecular weight excluding hydrogens is 190 g/mol. The first kappa shape index (κ1) is 14.1. The fourth-order valence-corrected chi connectivity index (χ4v) is 1.49. The molecule has 0 aromatic carbocycles. The summed E-state index contributed by atoms with van der Waals surface area (Å²) in [5, 5.41) is 2.61. The van der Waals surface area contributed by atoms with Crippen LogP contribution in [0.1, 0.15) is 58.3 Å². The van der Waals surface area contributed by atoms with Crippen molar-refractivity contribution in [2.24, 2.45) is 0 Å². The molecule has 0 aliphatic carbocycles. The Morgan fingerprint density at radius 2 is 1.33 bits per heavy atom. The van der Waals surface area contributed by atoms with E-state index in [0.29, 0.717) is 6.42 Å². The maximum Gasteiger partial charge on any atom is 0.219 e. The maximum atomic E-state index is 10.9. The highest BCUT2D eigenvalue weighted by Crippen LogP contribution is 2.08. The second-order valence-corrected chi connectivity index (χ2v) is 4.00. The van der Waals surface area contributed by atoms with Crippen LogP contribution < -0.4 is 5.32 Å². The van der Waals surface area contributed by atoms with Gasteiger partial charge in [0.05, 0.1) is 0 Å². The first-order valence-corrected chi connectivity index (χ1v) is 5.87. The van der Waals surface area contributed by atoms with Gasteiger partial charge >= 0.3 is 0 Å². The van der Waals surface area contributed by atoms with Crippen molar-refractivity contribution < 1.29 is 9.59 Å². The molecule has 3 nitrogen and oxygen atoms in total. The van der Waals surface area contributed by atoms with Crippen molar-refractivity contribution in [3.05, 3.63) is 0 Å². The molecule has 1 amide bonds. The molecule has 0 spiro atoms. The monoisotopic (exact) mass is 213 g/mol. The standard InChI is InChI=1S/C12H23NO2/c1-11(14)9-7-5-3-4-6-8-10-12(15)13-2/h3-10H2,1-2H3,(H,13,15). The average molecular weight is 213 g/mol. The van der Waals surface area contributed by atoms with E-state index in [0.717, 1.165) is 32.1 Å². The van der Waals surface area contributed by atoms with Crippen LogP contribution in [-0.4, -0.2) is 18.7 Å².